The van der Waals surface area contributed by atoms with Gasteiger partial charge in [-0.25, -0.2) is 0 Å². The van der Waals surface area contributed by atoms with Crippen LogP contribution in [-0.4, -0.2) is 37.4 Å². The predicted molar refractivity (Wildman–Crippen MR) is 70.2 cm³/mol. The van der Waals surface area contributed by atoms with Crippen molar-refractivity contribution in [2.24, 2.45) is 0 Å². The summed E-state index contributed by atoms with van der Waals surface area (Å²) in [6.45, 7) is -0.0269. The van der Waals surface area contributed by atoms with Crippen molar-refractivity contribution in [1.82, 2.24) is 10.2 Å². The number of amides is 2. The maximum absolute atomic E-state index is 11.7. The van der Waals surface area contributed by atoms with Crippen LogP contribution in [0.1, 0.15) is 10.4 Å². The number of benzene rings is 1. The minimum atomic E-state index is -0.316. The van der Waals surface area contributed by atoms with Gasteiger partial charge in [0.15, 0.2) is 0 Å². The number of nitrogens with zero attached hydrogens (tertiary/aromatic N) is 1. The SMILES string of the molecule is CN(C)C(=O)CNC(=O)c1ccc(Cl)cc1Br. The van der Waals surface area contributed by atoms with Crippen molar-refractivity contribution in [3.05, 3.63) is 33.3 Å². The Labute approximate surface area is 113 Å². The van der Waals surface area contributed by atoms with Crippen LogP contribution < -0.4 is 5.32 Å². The van der Waals surface area contributed by atoms with E-state index >= 15 is 0 Å². The van der Waals surface area contributed by atoms with Gasteiger partial charge >= 0.3 is 0 Å². The zero-order chi connectivity index (χ0) is 13.0. The summed E-state index contributed by atoms with van der Waals surface area (Å²) in [5.41, 5.74) is 0.445. The fourth-order valence-electron chi connectivity index (χ4n) is 1.08. The molecule has 1 N–H and O–H groups in total. The summed E-state index contributed by atoms with van der Waals surface area (Å²) < 4.78 is 0.597. The Morgan fingerprint density at radius 3 is 2.59 bits per heavy atom. The molecule has 1 rings (SSSR count). The summed E-state index contributed by atoms with van der Waals surface area (Å²) in [4.78, 5) is 24.5. The number of nitrogens with one attached hydrogen (secondary N) is 1. The Hall–Kier alpha value is -1.07. The molecule has 0 spiro atoms. The van der Waals surface area contributed by atoms with Crippen LogP contribution in [0.4, 0.5) is 0 Å². The molecule has 4 nitrogen and oxygen atoms in total. The molecule has 17 heavy (non-hydrogen) atoms. The second-order valence-corrected chi connectivity index (χ2v) is 4.89. The van der Waals surface area contributed by atoms with E-state index in [4.69, 9.17) is 11.6 Å². The highest BCUT2D eigenvalue weighted by Gasteiger charge is 2.12. The molecular formula is C11H12BrClN2O2. The molecule has 0 aliphatic carbocycles. The predicted octanol–water partition coefficient (Wildman–Crippen LogP) is 1.92. The van der Waals surface area contributed by atoms with E-state index in [1.54, 1.807) is 32.3 Å². The van der Waals surface area contributed by atoms with Crippen molar-refractivity contribution < 1.29 is 9.59 Å². The lowest BCUT2D eigenvalue weighted by Crippen LogP contribution is -2.36. The molecule has 0 bridgehead atoms. The van der Waals surface area contributed by atoms with E-state index in [-0.39, 0.29) is 18.4 Å². The summed E-state index contributed by atoms with van der Waals surface area (Å²) in [5, 5.41) is 3.08. The third-order valence-electron chi connectivity index (χ3n) is 2.07. The number of carbonyl (C=O) groups is 2. The van der Waals surface area contributed by atoms with E-state index in [1.165, 1.54) is 4.90 Å². The first-order valence-corrected chi connectivity index (χ1v) is 6.02. The van der Waals surface area contributed by atoms with E-state index < -0.39 is 0 Å². The fraction of sp³-hybridized carbons (Fsp3) is 0.273. The van der Waals surface area contributed by atoms with E-state index in [0.717, 1.165) is 0 Å². The van der Waals surface area contributed by atoms with Crippen LogP contribution in [0.25, 0.3) is 0 Å². The second-order valence-electron chi connectivity index (χ2n) is 3.60. The number of hydrogen-bond donors (Lipinski definition) is 1. The molecule has 0 radical (unpaired) electrons. The lowest BCUT2D eigenvalue weighted by atomic mass is 10.2. The van der Waals surface area contributed by atoms with Crippen molar-refractivity contribution in [2.75, 3.05) is 20.6 Å². The summed E-state index contributed by atoms with van der Waals surface area (Å²) in [7, 11) is 3.26. The third kappa shape index (κ3) is 4.02. The van der Waals surface area contributed by atoms with Gasteiger partial charge in [-0.05, 0) is 34.1 Å². The Morgan fingerprint density at radius 1 is 1.41 bits per heavy atom. The monoisotopic (exact) mass is 318 g/mol. The minimum Gasteiger partial charge on any atom is -0.347 e. The Balaban J connectivity index is 2.68. The topological polar surface area (TPSA) is 49.4 Å². The molecule has 1 aromatic rings. The van der Waals surface area contributed by atoms with Crippen LogP contribution in [0, 0.1) is 0 Å². The molecule has 2 amide bonds. The van der Waals surface area contributed by atoms with E-state index in [9.17, 15) is 9.59 Å². The number of rotatable bonds is 3. The standard InChI is InChI=1S/C11H12BrClN2O2/c1-15(2)10(16)6-14-11(17)8-4-3-7(13)5-9(8)12/h3-5H,6H2,1-2H3,(H,14,17). The largest absolute Gasteiger partial charge is 0.347 e. The molecule has 0 saturated heterocycles. The lowest BCUT2D eigenvalue weighted by Gasteiger charge is -2.11. The molecule has 0 heterocycles. The van der Waals surface area contributed by atoms with Crippen molar-refractivity contribution in [1.29, 1.82) is 0 Å². The first kappa shape index (κ1) is 14.0. The molecular weight excluding hydrogens is 307 g/mol. The summed E-state index contributed by atoms with van der Waals surface area (Å²) in [6.07, 6.45) is 0. The van der Waals surface area contributed by atoms with Gasteiger partial charge in [-0.2, -0.15) is 0 Å². The van der Waals surface area contributed by atoms with Gasteiger partial charge in [0.05, 0.1) is 12.1 Å². The summed E-state index contributed by atoms with van der Waals surface area (Å²) in [6, 6.07) is 4.85. The minimum absolute atomic E-state index is 0.0269. The van der Waals surface area contributed by atoms with Crippen molar-refractivity contribution >= 4 is 39.3 Å². The molecule has 0 aliphatic heterocycles. The number of hydrogen-bond acceptors (Lipinski definition) is 2. The van der Waals surface area contributed by atoms with Gasteiger partial charge in [-0.1, -0.05) is 11.6 Å². The van der Waals surface area contributed by atoms with Crippen LogP contribution in [-0.2, 0) is 4.79 Å². The van der Waals surface area contributed by atoms with Crippen molar-refractivity contribution in [2.45, 2.75) is 0 Å². The van der Waals surface area contributed by atoms with Gasteiger partial charge < -0.3 is 10.2 Å². The maximum atomic E-state index is 11.7. The van der Waals surface area contributed by atoms with Crippen LogP contribution in [0.2, 0.25) is 5.02 Å². The van der Waals surface area contributed by atoms with Gasteiger partial charge in [-0.3, -0.25) is 9.59 Å². The molecule has 6 heteroatoms. The van der Waals surface area contributed by atoms with E-state index in [1.807, 2.05) is 0 Å². The van der Waals surface area contributed by atoms with Crippen LogP contribution in [0.5, 0.6) is 0 Å². The molecule has 0 aliphatic rings. The first-order valence-electron chi connectivity index (χ1n) is 4.85. The Bertz CT molecular complexity index is 449. The van der Waals surface area contributed by atoms with Gasteiger partial charge in [0, 0.05) is 23.6 Å². The quantitative estimate of drug-likeness (QED) is 0.925. The molecule has 92 valence electrons. The third-order valence-corrected chi connectivity index (χ3v) is 2.97. The number of halogens is 2. The van der Waals surface area contributed by atoms with E-state index in [2.05, 4.69) is 21.2 Å². The Morgan fingerprint density at radius 2 is 2.06 bits per heavy atom. The second kappa shape index (κ2) is 6.02. The highest BCUT2D eigenvalue weighted by molar-refractivity contribution is 9.10. The number of carbonyl (C=O) groups excluding carboxylic acids is 2. The normalized spacial score (nSPS) is 9.88. The summed E-state index contributed by atoms with van der Waals surface area (Å²) >= 11 is 9.01. The van der Waals surface area contributed by atoms with Crippen molar-refractivity contribution in [3.63, 3.8) is 0 Å². The van der Waals surface area contributed by atoms with Crippen LogP contribution in [0.3, 0.4) is 0 Å². The molecule has 0 fully saturated rings. The molecule has 0 unspecified atom stereocenters. The first-order chi connectivity index (χ1) is 7.91. The van der Waals surface area contributed by atoms with Crippen molar-refractivity contribution in [3.8, 4) is 0 Å². The highest BCUT2D eigenvalue weighted by Crippen LogP contribution is 2.21. The molecule has 1 aromatic carbocycles. The average Bonchev–Trinajstić information content (AvgIpc) is 2.25. The van der Waals surface area contributed by atoms with Crippen LogP contribution in [0.15, 0.2) is 22.7 Å². The van der Waals surface area contributed by atoms with Gasteiger partial charge in [0.25, 0.3) is 5.91 Å². The van der Waals surface area contributed by atoms with E-state index in [0.29, 0.717) is 15.1 Å². The van der Waals surface area contributed by atoms with Gasteiger partial charge in [0.2, 0.25) is 5.91 Å². The average molecular weight is 320 g/mol. The van der Waals surface area contributed by atoms with Crippen LogP contribution >= 0.6 is 27.5 Å². The van der Waals surface area contributed by atoms with Gasteiger partial charge in [-0.15, -0.1) is 0 Å². The lowest BCUT2D eigenvalue weighted by molar-refractivity contribution is -0.127. The maximum Gasteiger partial charge on any atom is 0.252 e. The molecule has 0 saturated carbocycles. The zero-order valence-electron chi connectivity index (χ0n) is 9.46. The fourth-order valence-corrected chi connectivity index (χ4v) is 1.95. The number of likely N-dealkylation sites (N-methyl/N-ethyl adjacent to an activating group) is 1. The Kier molecular flexibility index (Phi) is 4.96. The highest BCUT2D eigenvalue weighted by atomic mass is 79.9. The zero-order valence-corrected chi connectivity index (χ0v) is 11.8. The van der Waals surface area contributed by atoms with Gasteiger partial charge in [0.1, 0.15) is 0 Å². The molecule has 0 atom stereocenters. The molecule has 0 aromatic heterocycles. The smallest absolute Gasteiger partial charge is 0.252 e. The summed E-state index contributed by atoms with van der Waals surface area (Å²) in [5.74, 6) is -0.479.